The number of hydrogen-bond acceptors (Lipinski definition) is 1. The van der Waals surface area contributed by atoms with Gasteiger partial charge in [-0.15, -0.1) is 11.3 Å². The molecule has 5 heteroatoms. The maximum absolute atomic E-state index is 2.57. The Morgan fingerprint density at radius 3 is 1.20 bits per heavy atom. The zero-order chi connectivity index (χ0) is 42.3. The van der Waals surface area contributed by atoms with Crippen LogP contribution >= 0.6 is 11.3 Å². The van der Waals surface area contributed by atoms with Crippen LogP contribution in [0.25, 0.3) is 130 Å². The highest BCUT2D eigenvalue weighted by molar-refractivity contribution is 7.26. The van der Waals surface area contributed by atoms with E-state index in [9.17, 15) is 0 Å². The molecule has 5 aromatic heterocycles. The summed E-state index contributed by atoms with van der Waals surface area (Å²) in [6.45, 7) is 0. The number of thiophene rings is 1. The predicted molar refractivity (Wildman–Crippen MR) is 277 cm³/mol. The molecule has 5 heterocycles. The first kappa shape index (κ1) is 35.1. The molecule has 0 saturated heterocycles. The number of nitrogens with zero attached hydrogens (tertiary/aromatic N) is 4. The van der Waals surface area contributed by atoms with E-state index >= 15 is 0 Å². The molecule has 4 nitrogen and oxygen atoms in total. The van der Waals surface area contributed by atoms with E-state index in [1.54, 1.807) is 0 Å². The lowest BCUT2D eigenvalue weighted by atomic mass is 10.1. The van der Waals surface area contributed by atoms with Crippen molar-refractivity contribution < 1.29 is 0 Å². The Kier molecular flexibility index (Phi) is 7.07. The molecule has 0 bridgehead atoms. The molecule has 0 radical (unpaired) electrons. The van der Waals surface area contributed by atoms with Gasteiger partial charge in [0.05, 0.1) is 65.9 Å². The summed E-state index contributed by atoms with van der Waals surface area (Å²) in [6.07, 6.45) is 0. The van der Waals surface area contributed by atoms with E-state index in [2.05, 4.69) is 237 Å². The van der Waals surface area contributed by atoms with E-state index in [0.29, 0.717) is 0 Å². The maximum Gasteiger partial charge on any atom is 0.0782 e. The van der Waals surface area contributed by atoms with E-state index in [1.165, 1.54) is 119 Å². The summed E-state index contributed by atoms with van der Waals surface area (Å²) in [6, 6.07) is 80.7. The lowest BCUT2D eigenvalue weighted by Crippen LogP contribution is -2.01. The monoisotopic (exact) mass is 844 g/mol. The molecule has 302 valence electrons. The largest absolute Gasteiger partial charge is 0.309 e. The van der Waals surface area contributed by atoms with E-state index in [-0.39, 0.29) is 0 Å². The molecule has 15 rings (SSSR count). The van der Waals surface area contributed by atoms with Crippen molar-refractivity contribution in [3.63, 3.8) is 0 Å². The normalized spacial score (nSPS) is 12.3. The van der Waals surface area contributed by atoms with Crippen molar-refractivity contribution in [2.24, 2.45) is 0 Å². The SMILES string of the molecule is c1cc(-n2c3ccc(-n4c5ccccc5c5ccccc54)cc3c3cccc(-n4c5ccccc5c5ccccc54)c32)c2c(c1)sc1c(-n3c4ccccc4c4ccccc43)cccc12. The lowest BCUT2D eigenvalue weighted by Gasteiger charge is -2.15. The first-order valence-electron chi connectivity index (χ1n) is 22.3. The minimum Gasteiger partial charge on any atom is -0.309 e. The third kappa shape index (κ3) is 4.69. The van der Waals surface area contributed by atoms with Crippen LogP contribution in [0.4, 0.5) is 0 Å². The Labute approximate surface area is 376 Å². The number of para-hydroxylation sites is 7. The quantitative estimate of drug-likeness (QED) is 0.168. The van der Waals surface area contributed by atoms with Gasteiger partial charge in [-0.3, -0.25) is 0 Å². The number of benzene rings is 10. The first-order chi connectivity index (χ1) is 32.3. The summed E-state index contributed by atoms with van der Waals surface area (Å²) >= 11 is 1.89. The molecule has 0 saturated carbocycles. The molecule has 0 fully saturated rings. The van der Waals surface area contributed by atoms with Gasteiger partial charge in [0, 0.05) is 64.2 Å². The highest BCUT2D eigenvalue weighted by Crippen LogP contribution is 2.46. The van der Waals surface area contributed by atoms with Crippen LogP contribution in [0.15, 0.2) is 218 Å². The smallest absolute Gasteiger partial charge is 0.0782 e. The fourth-order valence-corrected chi connectivity index (χ4v) is 12.6. The second kappa shape index (κ2) is 13.1. The van der Waals surface area contributed by atoms with Crippen LogP contribution in [0.3, 0.4) is 0 Å². The van der Waals surface area contributed by atoms with Crippen LogP contribution in [0.1, 0.15) is 0 Å². The average Bonchev–Trinajstić information content (AvgIpc) is 4.17. The summed E-state index contributed by atoms with van der Waals surface area (Å²) in [5.74, 6) is 0. The topological polar surface area (TPSA) is 19.7 Å². The molecular weight excluding hydrogens is 809 g/mol. The van der Waals surface area contributed by atoms with Gasteiger partial charge in [0.15, 0.2) is 0 Å². The second-order valence-electron chi connectivity index (χ2n) is 17.2. The molecular formula is C60H36N4S. The first-order valence-corrected chi connectivity index (χ1v) is 23.1. The van der Waals surface area contributed by atoms with Gasteiger partial charge in [0.2, 0.25) is 0 Å². The van der Waals surface area contributed by atoms with E-state index in [4.69, 9.17) is 0 Å². The van der Waals surface area contributed by atoms with Crippen LogP contribution in [0, 0.1) is 0 Å². The lowest BCUT2D eigenvalue weighted by molar-refractivity contribution is 1.14. The zero-order valence-corrected chi connectivity index (χ0v) is 35.8. The molecule has 0 atom stereocenters. The summed E-state index contributed by atoms with van der Waals surface area (Å²) in [5, 5.41) is 12.5. The Morgan fingerprint density at radius 2 is 0.662 bits per heavy atom. The van der Waals surface area contributed by atoms with Gasteiger partial charge in [0.1, 0.15) is 0 Å². The molecule has 10 aromatic carbocycles. The van der Waals surface area contributed by atoms with E-state index < -0.39 is 0 Å². The van der Waals surface area contributed by atoms with Gasteiger partial charge in [-0.1, -0.05) is 140 Å². The minimum absolute atomic E-state index is 1.14. The molecule has 15 aromatic rings. The molecule has 65 heavy (non-hydrogen) atoms. The summed E-state index contributed by atoms with van der Waals surface area (Å²) in [5.41, 5.74) is 14.3. The van der Waals surface area contributed by atoms with Crippen LogP contribution in [-0.2, 0) is 0 Å². The van der Waals surface area contributed by atoms with Crippen LogP contribution in [0.5, 0.6) is 0 Å². The zero-order valence-electron chi connectivity index (χ0n) is 35.0. The van der Waals surface area contributed by atoms with Crippen molar-refractivity contribution in [3.8, 4) is 22.7 Å². The predicted octanol–water partition coefficient (Wildman–Crippen LogP) is 16.4. The Balaban J connectivity index is 1.08. The summed E-state index contributed by atoms with van der Waals surface area (Å²) in [4.78, 5) is 0. The van der Waals surface area contributed by atoms with Gasteiger partial charge in [-0.05, 0) is 78.9 Å². The average molecular weight is 845 g/mol. The van der Waals surface area contributed by atoms with Crippen molar-refractivity contribution in [1.29, 1.82) is 0 Å². The summed E-state index contributed by atoms with van der Waals surface area (Å²) in [7, 11) is 0. The van der Waals surface area contributed by atoms with Crippen molar-refractivity contribution in [2.45, 2.75) is 0 Å². The second-order valence-corrected chi connectivity index (χ2v) is 18.3. The highest BCUT2D eigenvalue weighted by Gasteiger charge is 2.24. The Morgan fingerprint density at radius 1 is 0.262 bits per heavy atom. The van der Waals surface area contributed by atoms with Gasteiger partial charge in [-0.25, -0.2) is 0 Å². The molecule has 0 aliphatic heterocycles. The van der Waals surface area contributed by atoms with Crippen molar-refractivity contribution in [2.75, 3.05) is 0 Å². The van der Waals surface area contributed by atoms with Gasteiger partial charge in [0.25, 0.3) is 0 Å². The highest BCUT2D eigenvalue weighted by atomic mass is 32.1. The van der Waals surface area contributed by atoms with Crippen molar-refractivity contribution in [1.82, 2.24) is 18.3 Å². The Bertz CT molecular complexity index is 4330. The van der Waals surface area contributed by atoms with Crippen molar-refractivity contribution >= 4 is 119 Å². The molecule has 0 amide bonds. The molecule has 0 spiro atoms. The number of rotatable bonds is 4. The van der Waals surface area contributed by atoms with Crippen LogP contribution in [0.2, 0.25) is 0 Å². The molecule has 0 unspecified atom stereocenters. The molecule has 0 aliphatic carbocycles. The van der Waals surface area contributed by atoms with Crippen molar-refractivity contribution in [3.05, 3.63) is 218 Å². The van der Waals surface area contributed by atoms with E-state index in [0.717, 1.165) is 11.4 Å². The fourth-order valence-electron chi connectivity index (χ4n) is 11.4. The Hall–Kier alpha value is -8.38. The van der Waals surface area contributed by atoms with Gasteiger partial charge in [-0.2, -0.15) is 0 Å². The standard InChI is InChI=1S/C60H36N4S/c1-7-24-47-38(16-1)39-17-2-8-25-48(39)61(47)37-34-35-53-46(36-37)44-22-13-31-55(62-49-26-9-3-18-40(49)41-19-4-10-27-50(41)62)59(44)64(53)54-30-15-33-57-58(54)45-23-14-32-56(60(45)65-57)63-51-28-11-5-20-42(51)43-21-6-12-29-52(43)63/h1-36H. The van der Waals surface area contributed by atoms with E-state index in [1.807, 2.05) is 11.3 Å². The maximum atomic E-state index is 2.57. The number of hydrogen-bond donors (Lipinski definition) is 0. The fraction of sp³-hybridized carbons (Fsp3) is 0. The number of fused-ring (bicyclic) bond motifs is 15. The van der Waals surface area contributed by atoms with Crippen LogP contribution in [-0.4, -0.2) is 18.3 Å². The van der Waals surface area contributed by atoms with Gasteiger partial charge >= 0.3 is 0 Å². The third-order valence-electron chi connectivity index (χ3n) is 14.0. The molecule has 0 aliphatic rings. The minimum atomic E-state index is 1.14. The third-order valence-corrected chi connectivity index (χ3v) is 15.1. The van der Waals surface area contributed by atoms with Crippen LogP contribution < -0.4 is 0 Å². The summed E-state index contributed by atoms with van der Waals surface area (Å²) < 4.78 is 12.5. The van der Waals surface area contributed by atoms with Gasteiger partial charge < -0.3 is 18.3 Å². The number of aromatic nitrogens is 4. The molecule has 0 N–H and O–H groups in total.